The number of aliphatic hydroxyl groups excluding tert-OH is 2. The molecule has 44 heavy (non-hydrogen) atoms. The molecule has 4 nitrogen and oxygen atoms in total. The van der Waals surface area contributed by atoms with Crippen LogP contribution in [0.2, 0.25) is 0 Å². The van der Waals surface area contributed by atoms with Crippen LogP contribution in [0.15, 0.2) is 107 Å². The van der Waals surface area contributed by atoms with E-state index in [-0.39, 0.29) is 45.4 Å². The molecule has 2 N–H and O–H groups in total. The lowest BCUT2D eigenvalue weighted by Gasteiger charge is -2.39. The third-order valence-corrected chi connectivity index (χ3v) is 10.4. The normalized spacial score (nSPS) is 39.2. The molecule has 0 aromatic rings. The van der Waals surface area contributed by atoms with Gasteiger partial charge < -0.3 is 19.7 Å². The van der Waals surface area contributed by atoms with Crippen molar-refractivity contribution in [2.75, 3.05) is 0 Å². The number of epoxide rings is 2. The molecule has 0 unspecified atom stereocenters. The minimum atomic E-state index is -0.294. The Kier molecular flexibility index (Phi) is 9.66. The summed E-state index contributed by atoms with van der Waals surface area (Å²) in [6, 6.07) is 0. The summed E-state index contributed by atoms with van der Waals surface area (Å²) in [6.45, 7) is 21.4. The highest BCUT2D eigenvalue weighted by atomic mass is 16.6. The number of aliphatic hydroxyl groups is 2. The molecule has 6 atom stereocenters. The Morgan fingerprint density at radius 2 is 0.818 bits per heavy atom. The molecular weight excluding hydrogens is 544 g/mol. The first-order valence-corrected chi connectivity index (χ1v) is 16.3. The summed E-state index contributed by atoms with van der Waals surface area (Å²) in [5.74, 6) is 0. The average molecular weight is 601 g/mol. The highest BCUT2D eigenvalue weighted by Crippen LogP contribution is 2.67. The van der Waals surface area contributed by atoms with Crippen LogP contribution >= 0.6 is 0 Å². The van der Waals surface area contributed by atoms with Crippen LogP contribution in [0.25, 0.3) is 0 Å². The van der Waals surface area contributed by atoms with Gasteiger partial charge in [0.25, 0.3) is 0 Å². The van der Waals surface area contributed by atoms with Crippen LogP contribution < -0.4 is 0 Å². The van der Waals surface area contributed by atoms with Crippen LogP contribution in [0.1, 0.15) is 94.9 Å². The van der Waals surface area contributed by atoms with E-state index >= 15 is 0 Å². The minimum Gasteiger partial charge on any atom is -0.393 e. The van der Waals surface area contributed by atoms with Crippen molar-refractivity contribution in [2.24, 2.45) is 10.8 Å². The molecule has 0 aromatic heterocycles. The van der Waals surface area contributed by atoms with Gasteiger partial charge in [0.1, 0.15) is 22.4 Å². The van der Waals surface area contributed by atoms with Crippen molar-refractivity contribution < 1.29 is 19.7 Å². The van der Waals surface area contributed by atoms with Gasteiger partial charge in [-0.1, -0.05) is 123 Å². The Morgan fingerprint density at radius 1 is 0.500 bits per heavy atom. The molecule has 0 aromatic carbocycles. The van der Waals surface area contributed by atoms with E-state index in [1.807, 2.05) is 0 Å². The van der Waals surface area contributed by atoms with E-state index in [4.69, 9.17) is 9.47 Å². The fourth-order valence-electron chi connectivity index (χ4n) is 7.99. The van der Waals surface area contributed by atoms with Crippen molar-refractivity contribution in [3.05, 3.63) is 107 Å². The van der Waals surface area contributed by atoms with Gasteiger partial charge in [0.2, 0.25) is 0 Å². The number of allylic oxidation sites excluding steroid dienone is 16. The van der Waals surface area contributed by atoms with E-state index in [1.165, 1.54) is 22.3 Å². The van der Waals surface area contributed by atoms with Gasteiger partial charge in [0, 0.05) is 23.7 Å². The zero-order valence-electron chi connectivity index (χ0n) is 28.8. The summed E-state index contributed by atoms with van der Waals surface area (Å²) < 4.78 is 12.5. The maximum Gasteiger partial charge on any atom is 0.121 e. The van der Waals surface area contributed by atoms with Gasteiger partial charge in [-0.25, -0.2) is 0 Å². The van der Waals surface area contributed by atoms with E-state index in [0.29, 0.717) is 12.8 Å². The maximum absolute atomic E-state index is 10.3. The molecule has 240 valence electrons. The van der Waals surface area contributed by atoms with Crippen LogP contribution in [-0.4, -0.2) is 44.8 Å². The van der Waals surface area contributed by atoms with Crippen molar-refractivity contribution in [3.63, 3.8) is 0 Å². The monoisotopic (exact) mass is 600 g/mol. The zero-order chi connectivity index (χ0) is 32.6. The third kappa shape index (κ3) is 6.84. The highest BCUT2D eigenvalue weighted by molar-refractivity contribution is 5.38. The topological polar surface area (TPSA) is 65.5 Å². The van der Waals surface area contributed by atoms with Gasteiger partial charge >= 0.3 is 0 Å². The van der Waals surface area contributed by atoms with Crippen LogP contribution in [-0.2, 0) is 9.47 Å². The summed E-state index contributed by atoms with van der Waals surface area (Å²) in [5, 5.41) is 20.5. The maximum atomic E-state index is 10.3. The fourth-order valence-corrected chi connectivity index (χ4v) is 7.99. The Hall–Kier alpha value is -2.50. The minimum absolute atomic E-state index is 0.0969. The smallest absolute Gasteiger partial charge is 0.121 e. The van der Waals surface area contributed by atoms with Crippen LogP contribution in [0, 0.1) is 10.8 Å². The SMILES string of the molecule is CC(C=CC=C(C)C=C[C@@]12O[C@]1(C)C[C@@H](O)CC2(C)C)=CC=CC=C(C)/C=C/C=C(C)/C=C/[C@@]12O[C@]1(C)C[C@@H](O)CC2(C)C. The van der Waals surface area contributed by atoms with Crippen LogP contribution in [0.3, 0.4) is 0 Å². The Labute approximate surface area is 267 Å². The fraction of sp³-hybridized carbons (Fsp3) is 0.550. The molecule has 2 aliphatic carbocycles. The molecule has 2 saturated heterocycles. The van der Waals surface area contributed by atoms with E-state index in [1.54, 1.807) is 0 Å². The molecule has 2 aliphatic heterocycles. The first-order valence-electron chi connectivity index (χ1n) is 16.3. The molecule has 4 heteroatoms. The quantitative estimate of drug-likeness (QED) is 0.194. The van der Waals surface area contributed by atoms with Crippen molar-refractivity contribution in [3.8, 4) is 0 Å². The average Bonchev–Trinajstić information content (AvgIpc) is 3.73. The molecular formula is C40H56O4. The van der Waals surface area contributed by atoms with Crippen molar-refractivity contribution in [1.29, 1.82) is 0 Å². The van der Waals surface area contributed by atoms with E-state index in [0.717, 1.165) is 12.8 Å². The van der Waals surface area contributed by atoms with Gasteiger partial charge in [0.05, 0.1) is 12.2 Å². The summed E-state index contributed by atoms with van der Waals surface area (Å²) in [4.78, 5) is 0. The van der Waals surface area contributed by atoms with E-state index in [2.05, 4.69) is 154 Å². The predicted molar refractivity (Wildman–Crippen MR) is 183 cm³/mol. The van der Waals surface area contributed by atoms with Crippen LogP contribution in [0.4, 0.5) is 0 Å². The van der Waals surface area contributed by atoms with Crippen LogP contribution in [0.5, 0.6) is 0 Å². The van der Waals surface area contributed by atoms with Crippen molar-refractivity contribution in [1.82, 2.24) is 0 Å². The number of fused-ring (bicyclic) bond motifs is 2. The molecule has 2 heterocycles. The summed E-state index contributed by atoms with van der Waals surface area (Å²) >= 11 is 0. The summed E-state index contributed by atoms with van der Waals surface area (Å²) in [6.07, 6.45) is 32.0. The zero-order valence-corrected chi connectivity index (χ0v) is 28.8. The summed E-state index contributed by atoms with van der Waals surface area (Å²) in [7, 11) is 0. The first kappa shape index (κ1) is 34.4. The molecule has 4 rings (SSSR count). The largest absolute Gasteiger partial charge is 0.393 e. The molecule has 2 saturated carbocycles. The summed E-state index contributed by atoms with van der Waals surface area (Å²) in [5.41, 5.74) is 3.36. The Balaban J connectivity index is 1.25. The van der Waals surface area contributed by atoms with Gasteiger partial charge in [-0.15, -0.1) is 0 Å². The standard InChI is InChI=1S/C40H56O4/c1-29(17-13-19-31(3)21-23-39-35(5,6)25-33(41)27-37(39,9)43-39)15-11-12-16-30(2)18-14-20-32(4)22-24-40-36(7,8)26-34(42)28-38(40,10)44-40/h11-24,33-34,41-42H,25-28H2,1-10H3/b12-11?,17-13+,18-14?,23-21+,24-22?,29-15?,30-16?,31-19+,32-20?/t33-,34-,37+,38+,39-,40-/m0/s1. The van der Waals surface area contributed by atoms with Gasteiger partial charge in [0.15, 0.2) is 0 Å². The Morgan fingerprint density at radius 3 is 1.16 bits per heavy atom. The second kappa shape index (κ2) is 12.4. The lowest BCUT2D eigenvalue weighted by molar-refractivity contribution is 0.0510. The first-order chi connectivity index (χ1) is 20.4. The number of hydrogen-bond acceptors (Lipinski definition) is 4. The second-order valence-corrected chi connectivity index (χ2v) is 15.4. The van der Waals surface area contributed by atoms with Gasteiger partial charge in [-0.05, 0) is 66.5 Å². The molecule has 0 bridgehead atoms. The van der Waals surface area contributed by atoms with E-state index < -0.39 is 0 Å². The molecule has 0 spiro atoms. The van der Waals surface area contributed by atoms with Gasteiger partial charge in [-0.2, -0.15) is 0 Å². The van der Waals surface area contributed by atoms with Crippen molar-refractivity contribution in [2.45, 2.75) is 130 Å². The molecule has 4 fully saturated rings. The third-order valence-electron chi connectivity index (χ3n) is 10.4. The predicted octanol–water partition coefficient (Wildman–Crippen LogP) is 8.97. The highest BCUT2D eigenvalue weighted by Gasteiger charge is 2.75. The lowest BCUT2D eigenvalue weighted by atomic mass is 9.63. The van der Waals surface area contributed by atoms with Gasteiger partial charge in [-0.3, -0.25) is 0 Å². The number of rotatable bonds is 10. The van der Waals surface area contributed by atoms with Crippen molar-refractivity contribution >= 4 is 0 Å². The molecule has 0 radical (unpaired) electrons. The number of hydrogen-bond donors (Lipinski definition) is 2. The Bertz CT molecular complexity index is 1270. The molecule has 0 amide bonds. The number of ether oxygens (including phenoxy) is 2. The lowest BCUT2D eigenvalue weighted by Crippen LogP contribution is -2.46. The molecule has 4 aliphatic rings. The van der Waals surface area contributed by atoms with E-state index in [9.17, 15) is 10.2 Å². The second-order valence-electron chi connectivity index (χ2n) is 15.4.